The van der Waals surface area contributed by atoms with Crippen molar-refractivity contribution in [3.63, 3.8) is 0 Å². The third-order valence-electron chi connectivity index (χ3n) is 4.19. The van der Waals surface area contributed by atoms with Crippen LogP contribution in [0.3, 0.4) is 0 Å². The van der Waals surface area contributed by atoms with E-state index in [1.165, 1.54) is 5.56 Å². The van der Waals surface area contributed by atoms with E-state index in [4.69, 9.17) is 4.74 Å². The highest BCUT2D eigenvalue weighted by Crippen LogP contribution is 2.28. The number of hydrogen-bond donors (Lipinski definition) is 1. The van der Waals surface area contributed by atoms with Crippen LogP contribution in [0.25, 0.3) is 0 Å². The molecule has 4 nitrogen and oxygen atoms in total. The molecular formula is C14H21N3O. The minimum Gasteiger partial charge on any atom is -0.381 e. The van der Waals surface area contributed by atoms with E-state index >= 15 is 0 Å². The summed E-state index contributed by atoms with van der Waals surface area (Å²) >= 11 is 0. The monoisotopic (exact) mass is 247 g/mol. The van der Waals surface area contributed by atoms with Crippen LogP contribution in [0.15, 0.2) is 24.5 Å². The lowest BCUT2D eigenvalue weighted by atomic mass is 9.91. The van der Waals surface area contributed by atoms with Crippen LogP contribution in [-0.4, -0.2) is 48.8 Å². The second-order valence-corrected chi connectivity index (χ2v) is 5.34. The van der Waals surface area contributed by atoms with Crippen molar-refractivity contribution in [2.45, 2.75) is 25.1 Å². The van der Waals surface area contributed by atoms with Crippen molar-refractivity contribution < 1.29 is 4.74 Å². The van der Waals surface area contributed by atoms with Gasteiger partial charge in [0.05, 0.1) is 6.10 Å². The quantitative estimate of drug-likeness (QED) is 0.861. The zero-order valence-corrected chi connectivity index (χ0v) is 10.9. The number of piperidine rings is 1. The van der Waals surface area contributed by atoms with Crippen molar-refractivity contribution in [3.05, 3.63) is 30.1 Å². The van der Waals surface area contributed by atoms with Crippen LogP contribution in [0, 0.1) is 5.92 Å². The van der Waals surface area contributed by atoms with Gasteiger partial charge in [-0.05, 0) is 24.6 Å². The van der Waals surface area contributed by atoms with Crippen molar-refractivity contribution in [1.29, 1.82) is 0 Å². The minimum atomic E-state index is 0.426. The Bertz CT molecular complexity index is 384. The molecule has 0 spiro atoms. The summed E-state index contributed by atoms with van der Waals surface area (Å²) in [5, 5.41) is 3.62. The van der Waals surface area contributed by atoms with Crippen molar-refractivity contribution in [3.8, 4) is 0 Å². The van der Waals surface area contributed by atoms with Crippen LogP contribution in [0.4, 0.5) is 0 Å². The molecule has 2 aliphatic rings. The molecule has 0 aromatic carbocycles. The number of nitrogens with one attached hydrogen (secondary N) is 1. The summed E-state index contributed by atoms with van der Waals surface area (Å²) in [6.45, 7) is 4.34. The maximum absolute atomic E-state index is 5.62. The molecule has 0 bridgehead atoms. The summed E-state index contributed by atoms with van der Waals surface area (Å²) in [6.07, 6.45) is 5.35. The third kappa shape index (κ3) is 2.41. The number of fused-ring (bicyclic) bond motifs is 1. The number of aromatic nitrogens is 1. The Morgan fingerprint density at radius 3 is 3.22 bits per heavy atom. The first-order valence-corrected chi connectivity index (χ1v) is 6.74. The van der Waals surface area contributed by atoms with Gasteiger partial charge < -0.3 is 10.1 Å². The number of pyridine rings is 1. The number of ether oxygens (including phenoxy) is 1. The van der Waals surface area contributed by atoms with Gasteiger partial charge in [0.2, 0.25) is 0 Å². The molecule has 1 N–H and O–H groups in total. The molecule has 3 rings (SSSR count). The highest BCUT2D eigenvalue weighted by Gasteiger charge is 2.40. The second-order valence-electron chi connectivity index (χ2n) is 5.34. The molecule has 2 saturated heterocycles. The highest BCUT2D eigenvalue weighted by atomic mass is 16.5. The predicted octanol–water partition coefficient (Wildman–Crippen LogP) is 0.890. The third-order valence-corrected chi connectivity index (χ3v) is 4.19. The molecule has 0 unspecified atom stereocenters. The Balaban J connectivity index is 1.64. The number of rotatable bonds is 3. The lowest BCUT2D eigenvalue weighted by molar-refractivity contribution is 0.0241. The van der Waals surface area contributed by atoms with Crippen LogP contribution in [-0.2, 0) is 11.3 Å². The Morgan fingerprint density at radius 1 is 1.50 bits per heavy atom. The van der Waals surface area contributed by atoms with Crippen molar-refractivity contribution in [2.75, 3.05) is 26.7 Å². The van der Waals surface area contributed by atoms with E-state index < -0.39 is 0 Å². The van der Waals surface area contributed by atoms with Gasteiger partial charge in [0.25, 0.3) is 0 Å². The molecule has 3 atom stereocenters. The molecule has 3 heterocycles. The Kier molecular flexibility index (Phi) is 3.59. The van der Waals surface area contributed by atoms with E-state index in [1.54, 1.807) is 0 Å². The van der Waals surface area contributed by atoms with Gasteiger partial charge in [-0.25, -0.2) is 0 Å². The fourth-order valence-corrected chi connectivity index (χ4v) is 3.30. The molecule has 2 fully saturated rings. The maximum atomic E-state index is 5.62. The topological polar surface area (TPSA) is 37.4 Å². The first kappa shape index (κ1) is 12.1. The Morgan fingerprint density at radius 2 is 2.44 bits per heavy atom. The molecule has 2 aliphatic heterocycles. The van der Waals surface area contributed by atoms with E-state index in [1.807, 2.05) is 25.6 Å². The van der Waals surface area contributed by atoms with Gasteiger partial charge in [-0.1, -0.05) is 6.07 Å². The summed E-state index contributed by atoms with van der Waals surface area (Å²) in [6, 6.07) is 4.76. The van der Waals surface area contributed by atoms with Crippen molar-refractivity contribution >= 4 is 0 Å². The van der Waals surface area contributed by atoms with Gasteiger partial charge in [0.15, 0.2) is 0 Å². The van der Waals surface area contributed by atoms with Gasteiger partial charge in [-0.2, -0.15) is 0 Å². The fraction of sp³-hybridized carbons (Fsp3) is 0.643. The Labute approximate surface area is 108 Å². The summed E-state index contributed by atoms with van der Waals surface area (Å²) < 4.78 is 5.62. The van der Waals surface area contributed by atoms with Crippen LogP contribution in [0.1, 0.15) is 12.0 Å². The van der Waals surface area contributed by atoms with Gasteiger partial charge in [-0.15, -0.1) is 0 Å². The van der Waals surface area contributed by atoms with Crippen LogP contribution in [0.5, 0.6) is 0 Å². The van der Waals surface area contributed by atoms with Crippen LogP contribution in [0.2, 0.25) is 0 Å². The maximum Gasteiger partial charge on any atom is 0.0639 e. The zero-order valence-electron chi connectivity index (χ0n) is 10.9. The molecule has 1 aromatic rings. The number of nitrogens with zero attached hydrogens (tertiary/aromatic N) is 2. The first-order valence-electron chi connectivity index (χ1n) is 6.74. The molecule has 0 aliphatic carbocycles. The van der Waals surface area contributed by atoms with Crippen molar-refractivity contribution in [1.82, 2.24) is 15.2 Å². The standard InChI is InChI=1S/C14H21N3O/c1-18-14-4-6-16-13-10-17(9-12(13)14)8-11-3-2-5-15-7-11/h2-3,5,7,12-14,16H,4,6,8-10H2,1H3/t12-,13+,14-/m1/s1. The molecule has 0 amide bonds. The predicted molar refractivity (Wildman–Crippen MR) is 70.2 cm³/mol. The van der Waals surface area contributed by atoms with Crippen molar-refractivity contribution in [2.24, 2.45) is 5.92 Å². The second kappa shape index (κ2) is 5.34. The average Bonchev–Trinajstić information content (AvgIpc) is 2.82. The zero-order chi connectivity index (χ0) is 12.4. The highest BCUT2D eigenvalue weighted by molar-refractivity contribution is 5.09. The lowest BCUT2D eigenvalue weighted by Gasteiger charge is -2.32. The van der Waals surface area contributed by atoms with Gasteiger partial charge >= 0.3 is 0 Å². The SMILES string of the molecule is CO[C@@H]1CCN[C@H]2CN(Cc3cccnc3)C[C@H]21. The smallest absolute Gasteiger partial charge is 0.0639 e. The van der Waals surface area contributed by atoms with Crippen LogP contribution < -0.4 is 5.32 Å². The van der Waals surface area contributed by atoms with E-state index in [0.29, 0.717) is 18.1 Å². The minimum absolute atomic E-state index is 0.426. The largest absolute Gasteiger partial charge is 0.381 e. The fourth-order valence-electron chi connectivity index (χ4n) is 3.30. The summed E-state index contributed by atoms with van der Waals surface area (Å²) in [4.78, 5) is 6.69. The molecule has 4 heteroatoms. The Hall–Kier alpha value is -0.970. The van der Waals surface area contributed by atoms with Gasteiger partial charge in [0, 0.05) is 51.1 Å². The summed E-state index contributed by atoms with van der Waals surface area (Å²) in [5.74, 6) is 0.639. The molecule has 18 heavy (non-hydrogen) atoms. The van der Waals surface area contributed by atoms with E-state index in [9.17, 15) is 0 Å². The van der Waals surface area contributed by atoms with E-state index in [2.05, 4.69) is 21.3 Å². The van der Waals surface area contributed by atoms with E-state index in [-0.39, 0.29) is 0 Å². The average molecular weight is 247 g/mol. The molecule has 0 saturated carbocycles. The lowest BCUT2D eigenvalue weighted by Crippen LogP contribution is -2.48. The number of likely N-dealkylation sites (tertiary alicyclic amines) is 1. The number of hydrogen-bond acceptors (Lipinski definition) is 4. The molecule has 0 radical (unpaired) electrons. The first-order chi connectivity index (χ1) is 8.86. The molecular weight excluding hydrogens is 226 g/mol. The van der Waals surface area contributed by atoms with Gasteiger partial charge in [-0.3, -0.25) is 9.88 Å². The van der Waals surface area contributed by atoms with Gasteiger partial charge in [0.1, 0.15) is 0 Å². The van der Waals surface area contributed by atoms with Crippen LogP contribution >= 0.6 is 0 Å². The summed E-state index contributed by atoms with van der Waals surface area (Å²) in [7, 11) is 1.84. The number of methoxy groups -OCH3 is 1. The van der Waals surface area contributed by atoms with E-state index in [0.717, 1.165) is 32.6 Å². The molecule has 1 aromatic heterocycles. The summed E-state index contributed by atoms with van der Waals surface area (Å²) in [5.41, 5.74) is 1.30. The molecule has 98 valence electrons. The normalized spacial score (nSPS) is 32.4.